The number of rotatable bonds is 5. The maximum atomic E-state index is 8.86. The van der Waals surface area contributed by atoms with Crippen LogP contribution in [0.2, 0.25) is 0 Å². The normalized spacial score (nSPS) is 9.62. The summed E-state index contributed by atoms with van der Waals surface area (Å²) in [5.74, 6) is 0.789. The van der Waals surface area contributed by atoms with E-state index in [2.05, 4.69) is 16.3 Å². The lowest BCUT2D eigenvalue weighted by Crippen LogP contribution is -2.27. The van der Waals surface area contributed by atoms with Gasteiger partial charge in [0.05, 0.1) is 24.4 Å². The molecule has 0 aliphatic carbocycles. The van der Waals surface area contributed by atoms with Crippen LogP contribution in [0, 0.1) is 11.3 Å². The third kappa shape index (κ3) is 2.88. The summed E-state index contributed by atoms with van der Waals surface area (Å²) >= 11 is 0. The van der Waals surface area contributed by atoms with E-state index in [1.807, 2.05) is 26.2 Å². The summed E-state index contributed by atoms with van der Waals surface area (Å²) in [6.07, 6.45) is 0. The second-order valence-electron chi connectivity index (χ2n) is 3.52. The zero-order valence-corrected chi connectivity index (χ0v) is 9.95. The fourth-order valence-corrected chi connectivity index (χ4v) is 1.46. The van der Waals surface area contributed by atoms with Gasteiger partial charge in [0, 0.05) is 20.1 Å². The van der Waals surface area contributed by atoms with Gasteiger partial charge in [-0.05, 0) is 25.2 Å². The number of hydrogen-bond donors (Lipinski definition) is 1. The Morgan fingerprint density at radius 1 is 1.50 bits per heavy atom. The van der Waals surface area contributed by atoms with Crippen LogP contribution < -0.4 is 15.0 Å². The van der Waals surface area contributed by atoms with E-state index >= 15 is 0 Å². The fraction of sp³-hybridized carbons (Fsp3) is 0.417. The van der Waals surface area contributed by atoms with E-state index in [-0.39, 0.29) is 0 Å². The molecular formula is C12H17N3O. The molecule has 0 radical (unpaired) electrons. The molecule has 0 atom stereocenters. The lowest BCUT2D eigenvalue weighted by molar-refractivity contribution is 0.415. The van der Waals surface area contributed by atoms with Crippen LogP contribution >= 0.6 is 0 Å². The van der Waals surface area contributed by atoms with Crippen LogP contribution in [0.3, 0.4) is 0 Å². The largest absolute Gasteiger partial charge is 0.495 e. The Morgan fingerprint density at radius 3 is 2.81 bits per heavy atom. The first-order valence-electron chi connectivity index (χ1n) is 5.16. The maximum Gasteiger partial charge on any atom is 0.142 e. The fourth-order valence-electron chi connectivity index (χ4n) is 1.46. The Balaban J connectivity index is 2.95. The molecule has 0 bridgehead atoms. The van der Waals surface area contributed by atoms with Gasteiger partial charge in [0.15, 0.2) is 0 Å². The molecule has 0 saturated heterocycles. The average molecular weight is 219 g/mol. The molecule has 1 aromatic carbocycles. The third-order valence-electron chi connectivity index (χ3n) is 2.42. The molecule has 1 N–H and O–H groups in total. The summed E-state index contributed by atoms with van der Waals surface area (Å²) in [4.78, 5) is 2.07. The van der Waals surface area contributed by atoms with Crippen molar-refractivity contribution in [1.82, 2.24) is 5.32 Å². The van der Waals surface area contributed by atoms with Gasteiger partial charge in [-0.15, -0.1) is 0 Å². The van der Waals surface area contributed by atoms with Crippen molar-refractivity contribution in [2.75, 3.05) is 39.2 Å². The molecule has 0 amide bonds. The predicted molar refractivity (Wildman–Crippen MR) is 64.9 cm³/mol. The molecule has 0 aliphatic heterocycles. The van der Waals surface area contributed by atoms with Crippen molar-refractivity contribution < 1.29 is 4.74 Å². The van der Waals surface area contributed by atoms with Gasteiger partial charge in [-0.3, -0.25) is 0 Å². The molecule has 86 valence electrons. The smallest absolute Gasteiger partial charge is 0.142 e. The summed E-state index contributed by atoms with van der Waals surface area (Å²) in [5, 5.41) is 11.9. The Labute approximate surface area is 96.4 Å². The van der Waals surface area contributed by atoms with E-state index in [0.717, 1.165) is 24.5 Å². The number of ether oxygens (including phenoxy) is 1. The Hall–Kier alpha value is -1.73. The zero-order chi connectivity index (χ0) is 12.0. The number of anilines is 1. The number of nitrogens with one attached hydrogen (secondary N) is 1. The number of methoxy groups -OCH3 is 1. The highest BCUT2D eigenvalue weighted by molar-refractivity contribution is 5.61. The van der Waals surface area contributed by atoms with Gasteiger partial charge >= 0.3 is 0 Å². The highest BCUT2D eigenvalue weighted by atomic mass is 16.5. The standard InChI is InChI=1S/C12H17N3O/c1-14-6-7-15(2)11-8-10(9-13)4-5-12(11)16-3/h4-5,8,14H,6-7H2,1-3H3. The molecule has 0 heterocycles. The quantitative estimate of drug-likeness (QED) is 0.809. The molecule has 1 aromatic rings. The SMILES string of the molecule is CNCCN(C)c1cc(C#N)ccc1OC. The minimum Gasteiger partial charge on any atom is -0.495 e. The summed E-state index contributed by atoms with van der Waals surface area (Å²) in [7, 11) is 5.53. The minimum absolute atomic E-state index is 0.645. The monoisotopic (exact) mass is 219 g/mol. The Bertz CT molecular complexity index is 384. The zero-order valence-electron chi connectivity index (χ0n) is 9.95. The van der Waals surface area contributed by atoms with Gasteiger partial charge in [0.2, 0.25) is 0 Å². The van der Waals surface area contributed by atoms with Gasteiger partial charge in [-0.25, -0.2) is 0 Å². The molecule has 16 heavy (non-hydrogen) atoms. The second-order valence-corrected chi connectivity index (χ2v) is 3.52. The van der Waals surface area contributed by atoms with E-state index in [9.17, 15) is 0 Å². The van der Waals surface area contributed by atoms with E-state index in [0.29, 0.717) is 5.56 Å². The first kappa shape index (κ1) is 12.3. The number of likely N-dealkylation sites (N-methyl/N-ethyl adjacent to an activating group) is 2. The van der Waals surface area contributed by atoms with Crippen LogP contribution in [0.4, 0.5) is 5.69 Å². The molecular weight excluding hydrogens is 202 g/mol. The summed E-state index contributed by atoms with van der Waals surface area (Å²) in [5.41, 5.74) is 1.59. The van der Waals surface area contributed by atoms with Gasteiger partial charge < -0.3 is 15.0 Å². The van der Waals surface area contributed by atoms with Gasteiger partial charge in [0.25, 0.3) is 0 Å². The third-order valence-corrected chi connectivity index (χ3v) is 2.42. The van der Waals surface area contributed by atoms with Crippen molar-refractivity contribution in [2.45, 2.75) is 0 Å². The number of hydrogen-bond acceptors (Lipinski definition) is 4. The Morgan fingerprint density at radius 2 is 2.25 bits per heavy atom. The van der Waals surface area contributed by atoms with Crippen LogP contribution in [0.15, 0.2) is 18.2 Å². The predicted octanol–water partition coefficient (Wildman–Crippen LogP) is 1.22. The van der Waals surface area contributed by atoms with Crippen molar-refractivity contribution in [3.63, 3.8) is 0 Å². The molecule has 0 saturated carbocycles. The molecule has 0 aliphatic rings. The summed E-state index contributed by atoms with van der Waals surface area (Å²) in [6.45, 7) is 1.75. The molecule has 4 heteroatoms. The van der Waals surface area contributed by atoms with E-state index in [1.165, 1.54) is 0 Å². The van der Waals surface area contributed by atoms with E-state index in [1.54, 1.807) is 13.2 Å². The van der Waals surface area contributed by atoms with Crippen molar-refractivity contribution in [1.29, 1.82) is 5.26 Å². The molecule has 1 rings (SSSR count). The number of nitrogens with zero attached hydrogens (tertiary/aromatic N) is 2. The molecule has 4 nitrogen and oxygen atoms in total. The topological polar surface area (TPSA) is 48.3 Å². The lowest BCUT2D eigenvalue weighted by Gasteiger charge is -2.21. The molecule has 0 spiro atoms. The second kappa shape index (κ2) is 5.99. The van der Waals surface area contributed by atoms with Gasteiger partial charge in [-0.1, -0.05) is 0 Å². The minimum atomic E-state index is 0.645. The highest BCUT2D eigenvalue weighted by Crippen LogP contribution is 2.27. The van der Waals surface area contributed by atoms with Gasteiger partial charge in [-0.2, -0.15) is 5.26 Å². The van der Waals surface area contributed by atoms with E-state index < -0.39 is 0 Å². The first-order chi connectivity index (χ1) is 7.72. The van der Waals surface area contributed by atoms with Crippen molar-refractivity contribution >= 4 is 5.69 Å². The van der Waals surface area contributed by atoms with Crippen LogP contribution in [0.25, 0.3) is 0 Å². The van der Waals surface area contributed by atoms with Crippen molar-refractivity contribution in [2.24, 2.45) is 0 Å². The lowest BCUT2D eigenvalue weighted by atomic mass is 10.2. The summed E-state index contributed by atoms with van der Waals surface area (Å²) < 4.78 is 5.27. The average Bonchev–Trinajstić information content (AvgIpc) is 2.35. The maximum absolute atomic E-state index is 8.86. The van der Waals surface area contributed by atoms with Crippen LogP contribution in [-0.2, 0) is 0 Å². The molecule has 0 unspecified atom stereocenters. The van der Waals surface area contributed by atoms with E-state index in [4.69, 9.17) is 10.00 Å². The van der Waals surface area contributed by atoms with Crippen molar-refractivity contribution in [3.8, 4) is 11.8 Å². The van der Waals surface area contributed by atoms with Crippen LogP contribution in [0.5, 0.6) is 5.75 Å². The van der Waals surface area contributed by atoms with Crippen molar-refractivity contribution in [3.05, 3.63) is 23.8 Å². The van der Waals surface area contributed by atoms with Gasteiger partial charge in [0.1, 0.15) is 5.75 Å². The van der Waals surface area contributed by atoms with Crippen LogP contribution in [0.1, 0.15) is 5.56 Å². The molecule has 0 aromatic heterocycles. The summed E-state index contributed by atoms with van der Waals surface area (Å²) in [6, 6.07) is 7.55. The number of nitriles is 1. The van der Waals surface area contributed by atoms with Crippen LogP contribution in [-0.4, -0.2) is 34.3 Å². The number of benzene rings is 1. The first-order valence-corrected chi connectivity index (χ1v) is 5.16. The Kier molecular flexibility index (Phi) is 4.62. The molecule has 0 fully saturated rings. The highest BCUT2D eigenvalue weighted by Gasteiger charge is 2.08.